The van der Waals surface area contributed by atoms with Gasteiger partial charge in [-0.2, -0.15) is 0 Å². The summed E-state index contributed by atoms with van der Waals surface area (Å²) in [5.41, 5.74) is 13.5. The molecule has 0 rings (SSSR count). The Balaban J connectivity index is -0.000000103. The van der Waals surface area contributed by atoms with Gasteiger partial charge in [-0.3, -0.25) is 33.9 Å². The Morgan fingerprint density at radius 2 is 0.714 bits per heavy atom. The summed E-state index contributed by atoms with van der Waals surface area (Å²) in [5.74, 6) is -4.91. The first-order valence-corrected chi connectivity index (χ1v) is 5.92. The Bertz CT molecular complexity index is 413. The van der Waals surface area contributed by atoms with Gasteiger partial charge in [0.2, 0.25) is 0 Å². The van der Waals surface area contributed by atoms with Crippen molar-refractivity contribution >= 4 is 23.9 Å². The fourth-order valence-corrected chi connectivity index (χ4v) is 1.48. The number of carbonyl (C=O) groups is 4. The molecule has 0 atom stereocenters. The van der Waals surface area contributed by atoms with Gasteiger partial charge in [-0.15, -0.1) is 0 Å². The van der Waals surface area contributed by atoms with Crippen molar-refractivity contribution in [2.24, 2.45) is 0 Å². The molecule has 0 aromatic heterocycles. The molecule has 0 saturated heterocycles. The molecule has 0 bridgehead atoms. The molecule has 28 heavy (non-hydrogen) atoms. The van der Waals surface area contributed by atoms with Crippen molar-refractivity contribution < 1.29 is 187 Å². The summed E-state index contributed by atoms with van der Waals surface area (Å²) in [6.07, 6.45) is 0. The van der Waals surface area contributed by atoms with Crippen molar-refractivity contribution in [2.45, 2.75) is 0 Å². The second kappa shape index (κ2) is 31.3. The molecular formula is C10H16N5Na5O8+4. The second-order valence-corrected chi connectivity index (χ2v) is 4.09. The first-order chi connectivity index (χ1) is 10.6. The third kappa shape index (κ3) is 38.7. The average molecular weight is 449 g/mol. The summed E-state index contributed by atoms with van der Waals surface area (Å²) in [4.78, 5) is 45.9. The Kier molecular flexibility index (Phi) is 53.4. The Morgan fingerprint density at radius 3 is 0.821 bits per heavy atom. The van der Waals surface area contributed by atoms with E-state index in [-0.39, 0.29) is 161 Å². The molecule has 0 fully saturated rings. The van der Waals surface area contributed by atoms with Crippen molar-refractivity contribution in [1.82, 2.24) is 9.80 Å². The molecule has 0 spiro atoms. The van der Waals surface area contributed by atoms with E-state index in [1.165, 1.54) is 4.91 Å². The molecule has 0 aromatic carbocycles. The Labute approximate surface area is 271 Å². The minimum Gasteiger partial charge on any atom is -0.480 e. The molecule has 0 heterocycles. The van der Waals surface area contributed by atoms with Crippen LogP contribution in [0.4, 0.5) is 0 Å². The van der Waals surface area contributed by atoms with E-state index in [1.54, 1.807) is 0 Å². The molecule has 4 N–H and O–H groups in total. The van der Waals surface area contributed by atoms with Gasteiger partial charge in [-0.1, -0.05) is 0 Å². The number of rotatable bonds is 11. The summed E-state index contributed by atoms with van der Waals surface area (Å²) >= 11 is 0. The van der Waals surface area contributed by atoms with E-state index in [4.69, 9.17) is 31.5 Å². The molecule has 0 saturated carbocycles. The average Bonchev–Trinajstić information content (AvgIpc) is 2.33. The van der Waals surface area contributed by atoms with Gasteiger partial charge >= 0.3 is 172 Å². The summed E-state index contributed by atoms with van der Waals surface area (Å²) in [6.45, 7) is -2.25. The number of nitrogens with zero attached hydrogens (tertiary/aromatic N) is 5. The SMILES string of the molecule is O=C(O)CN(CCN(CC(=O)O)CC(=O)O)CC(=O)O.[N-]=[N+]=[N-].[Na+].[Na+].[Na+].[Na+].[Na+]. The molecule has 0 radical (unpaired) electrons. The van der Waals surface area contributed by atoms with Gasteiger partial charge in [0, 0.05) is 13.1 Å². The normalized spacial score (nSPS) is 7.93. The molecule has 130 valence electrons. The maximum atomic E-state index is 10.6. The molecule has 0 aliphatic heterocycles. The maximum absolute atomic E-state index is 10.6. The van der Waals surface area contributed by atoms with Gasteiger partial charge < -0.3 is 31.5 Å². The number of hydrogen-bond donors (Lipinski definition) is 4. The largest absolute Gasteiger partial charge is 1.00 e. The zero-order valence-corrected chi connectivity index (χ0v) is 26.9. The zero-order valence-electron chi connectivity index (χ0n) is 16.9. The topological polar surface area (TPSA) is 214 Å². The van der Waals surface area contributed by atoms with Crippen LogP contribution in [0.5, 0.6) is 0 Å². The summed E-state index contributed by atoms with van der Waals surface area (Å²) in [6, 6.07) is 0. The van der Waals surface area contributed by atoms with E-state index in [9.17, 15) is 19.2 Å². The number of hydrogen-bond acceptors (Lipinski definition) is 6. The van der Waals surface area contributed by atoms with Gasteiger partial charge in [0.15, 0.2) is 0 Å². The van der Waals surface area contributed by atoms with E-state index < -0.39 is 50.1 Å². The van der Waals surface area contributed by atoms with Crippen LogP contribution in [0.25, 0.3) is 16.0 Å². The second-order valence-electron chi connectivity index (χ2n) is 4.09. The van der Waals surface area contributed by atoms with Crippen molar-refractivity contribution in [3.63, 3.8) is 0 Å². The van der Waals surface area contributed by atoms with Gasteiger partial charge in [-0.25, -0.2) is 0 Å². The Hall–Kier alpha value is 2.11. The van der Waals surface area contributed by atoms with Gasteiger partial charge in [0.05, 0.1) is 26.2 Å². The van der Waals surface area contributed by atoms with Crippen LogP contribution in [0.2, 0.25) is 0 Å². The summed E-state index contributed by atoms with van der Waals surface area (Å²) in [5, 5.41) is 34.5. The molecule has 13 nitrogen and oxygen atoms in total. The third-order valence-electron chi connectivity index (χ3n) is 2.17. The van der Waals surface area contributed by atoms with Crippen LogP contribution in [0, 0.1) is 0 Å². The number of carboxylic acid groups (broad SMARTS) is 4. The standard InChI is InChI=1S/C10H16N2O8.N3.5Na/c13-7(14)3-11(4-8(15)16)1-2-12(5-9(17)18)6-10(19)20;1-3-2;;;;;/h1-6H2,(H,13,14)(H,15,16)(H,17,18)(H,19,20);;;;;;/q;-1;5*+1. The van der Waals surface area contributed by atoms with Crippen LogP contribution in [-0.2, 0) is 19.2 Å². The Morgan fingerprint density at radius 1 is 0.571 bits per heavy atom. The molecule has 0 aromatic rings. The van der Waals surface area contributed by atoms with Crippen LogP contribution in [-0.4, -0.2) is 93.4 Å². The molecule has 0 aliphatic rings. The smallest absolute Gasteiger partial charge is 0.480 e. The molecule has 0 aliphatic carbocycles. The number of carboxylic acids is 4. The molecule has 0 unspecified atom stereocenters. The minimum absolute atomic E-state index is 0. The first-order valence-electron chi connectivity index (χ1n) is 5.92. The fourth-order valence-electron chi connectivity index (χ4n) is 1.48. The first kappa shape index (κ1) is 47.8. The van der Waals surface area contributed by atoms with Crippen molar-refractivity contribution in [3.05, 3.63) is 16.0 Å². The predicted octanol–water partition coefficient (Wildman–Crippen LogP) is -16.2. The van der Waals surface area contributed by atoms with Crippen LogP contribution in [0.1, 0.15) is 0 Å². The molecule has 0 amide bonds. The third-order valence-corrected chi connectivity index (χ3v) is 2.17. The fraction of sp³-hybridized carbons (Fsp3) is 0.600. The number of aliphatic carboxylic acids is 4. The van der Waals surface area contributed by atoms with Crippen LogP contribution in [0.3, 0.4) is 0 Å². The van der Waals surface area contributed by atoms with Crippen molar-refractivity contribution in [2.75, 3.05) is 39.3 Å². The van der Waals surface area contributed by atoms with Gasteiger partial charge in [0.1, 0.15) is 0 Å². The van der Waals surface area contributed by atoms with Crippen molar-refractivity contribution in [1.29, 1.82) is 0 Å². The zero-order chi connectivity index (χ0) is 18.4. The summed E-state index contributed by atoms with van der Waals surface area (Å²) < 4.78 is 0. The van der Waals surface area contributed by atoms with E-state index in [0.717, 1.165) is 9.80 Å². The van der Waals surface area contributed by atoms with E-state index in [1.807, 2.05) is 0 Å². The van der Waals surface area contributed by atoms with Gasteiger partial charge in [0.25, 0.3) is 0 Å². The van der Waals surface area contributed by atoms with Crippen LogP contribution >= 0.6 is 0 Å². The van der Waals surface area contributed by atoms with Crippen LogP contribution in [0.15, 0.2) is 0 Å². The maximum Gasteiger partial charge on any atom is 1.00 e. The van der Waals surface area contributed by atoms with Crippen LogP contribution < -0.4 is 148 Å². The summed E-state index contributed by atoms with van der Waals surface area (Å²) in [7, 11) is 0. The molecular weight excluding hydrogens is 433 g/mol. The minimum atomic E-state index is -1.23. The molecule has 18 heteroatoms. The quantitative estimate of drug-likeness (QED) is 0.101. The van der Waals surface area contributed by atoms with E-state index in [2.05, 4.69) is 0 Å². The monoisotopic (exact) mass is 449 g/mol. The van der Waals surface area contributed by atoms with E-state index >= 15 is 0 Å². The van der Waals surface area contributed by atoms with E-state index in [0.29, 0.717) is 0 Å². The predicted molar refractivity (Wildman–Crippen MR) is 73.5 cm³/mol. The van der Waals surface area contributed by atoms with Gasteiger partial charge in [-0.05, 0) is 0 Å². The van der Waals surface area contributed by atoms with Crippen molar-refractivity contribution in [3.8, 4) is 0 Å².